The van der Waals surface area contributed by atoms with Gasteiger partial charge in [-0.15, -0.1) is 0 Å². The Balaban J connectivity index is 2.34. The van der Waals surface area contributed by atoms with Gasteiger partial charge in [0.2, 0.25) is 6.79 Å². The van der Waals surface area contributed by atoms with Crippen molar-refractivity contribution in [1.82, 2.24) is 0 Å². The van der Waals surface area contributed by atoms with Crippen LogP contribution in [-0.2, 0) is 14.8 Å². The zero-order valence-corrected chi connectivity index (χ0v) is 2.83. The fraction of sp³-hybridized carbons (Fsp3) is 1.00. The Morgan fingerprint density at radius 2 is 2.00 bits per heavy atom. The number of rotatable bonds is 3. The standard InChI is InChI=1S/CH4O5/c2-4-1-5-6-3/h2-3H,1H2. The van der Waals surface area contributed by atoms with Crippen molar-refractivity contribution < 1.29 is 25.3 Å². The lowest BCUT2D eigenvalue weighted by Gasteiger charge is -1.88. The summed E-state index contributed by atoms with van der Waals surface area (Å²) < 4.78 is 0. The van der Waals surface area contributed by atoms with Crippen molar-refractivity contribution in [2.24, 2.45) is 0 Å². The van der Waals surface area contributed by atoms with Gasteiger partial charge < -0.3 is 0 Å². The Labute approximate surface area is 33.5 Å². The monoisotopic (exact) mass is 96.0 g/mol. The van der Waals surface area contributed by atoms with Crippen LogP contribution in [0.1, 0.15) is 0 Å². The van der Waals surface area contributed by atoms with Crippen LogP contribution in [0.4, 0.5) is 0 Å². The van der Waals surface area contributed by atoms with E-state index in [1.54, 1.807) is 0 Å². The summed E-state index contributed by atoms with van der Waals surface area (Å²) in [7, 11) is 0. The highest BCUT2D eigenvalue weighted by atomic mass is 17.5. The van der Waals surface area contributed by atoms with E-state index in [2.05, 4.69) is 14.8 Å². The summed E-state index contributed by atoms with van der Waals surface area (Å²) >= 11 is 0. The van der Waals surface area contributed by atoms with Gasteiger partial charge >= 0.3 is 0 Å². The minimum Gasteiger partial charge on any atom is -0.249 e. The van der Waals surface area contributed by atoms with Crippen molar-refractivity contribution in [3.63, 3.8) is 0 Å². The highest BCUT2D eigenvalue weighted by Crippen LogP contribution is 1.68. The van der Waals surface area contributed by atoms with Crippen molar-refractivity contribution in [3.05, 3.63) is 0 Å². The van der Waals surface area contributed by atoms with Crippen LogP contribution < -0.4 is 0 Å². The topological polar surface area (TPSA) is 68.2 Å². The van der Waals surface area contributed by atoms with Crippen LogP contribution in [-0.4, -0.2) is 17.3 Å². The summed E-state index contributed by atoms with van der Waals surface area (Å²) in [6, 6.07) is 0. The van der Waals surface area contributed by atoms with Crippen LogP contribution in [0.15, 0.2) is 0 Å². The summed E-state index contributed by atoms with van der Waals surface area (Å²) in [5.41, 5.74) is 0. The summed E-state index contributed by atoms with van der Waals surface area (Å²) in [5, 5.41) is 17.7. The van der Waals surface area contributed by atoms with Crippen molar-refractivity contribution >= 4 is 0 Å². The largest absolute Gasteiger partial charge is 0.249 e. The van der Waals surface area contributed by atoms with E-state index in [0.29, 0.717) is 0 Å². The molecular weight excluding hydrogens is 92.0 g/mol. The molecule has 5 heteroatoms. The molecule has 0 aliphatic heterocycles. The van der Waals surface area contributed by atoms with E-state index in [1.807, 2.05) is 0 Å². The Hall–Kier alpha value is -0.200. The summed E-state index contributed by atoms with van der Waals surface area (Å²) in [6.07, 6.45) is 0. The molecule has 0 atom stereocenters. The first-order valence-electron chi connectivity index (χ1n) is 1.11. The molecular formula is CH4O5. The first-order chi connectivity index (χ1) is 2.91. The van der Waals surface area contributed by atoms with E-state index in [1.165, 1.54) is 0 Å². The van der Waals surface area contributed by atoms with Gasteiger partial charge in [-0.05, 0) is 0 Å². The van der Waals surface area contributed by atoms with Crippen LogP contribution in [0.3, 0.4) is 0 Å². The lowest BCUT2D eigenvalue weighted by atomic mass is 11.5. The van der Waals surface area contributed by atoms with Crippen molar-refractivity contribution in [2.45, 2.75) is 0 Å². The van der Waals surface area contributed by atoms with Gasteiger partial charge in [-0.25, -0.2) is 15.4 Å². The molecule has 0 aliphatic rings. The van der Waals surface area contributed by atoms with Gasteiger partial charge in [-0.2, -0.15) is 4.89 Å². The molecule has 0 aromatic carbocycles. The predicted octanol–water partition coefficient (Wildman–Crippen LogP) is -0.145. The minimum absolute atomic E-state index is 0.503. The summed E-state index contributed by atoms with van der Waals surface area (Å²) in [5.74, 6) is 0. The van der Waals surface area contributed by atoms with Crippen molar-refractivity contribution in [3.8, 4) is 0 Å². The molecule has 0 bridgehead atoms. The lowest BCUT2D eigenvalue weighted by molar-refractivity contribution is -0.527. The normalized spacial score (nSPS) is 9.00. The Kier molecular flexibility index (Phi) is 4.64. The molecule has 0 spiro atoms. The molecule has 0 unspecified atom stereocenters. The Morgan fingerprint density at radius 1 is 1.33 bits per heavy atom. The maximum atomic E-state index is 7.38. The molecule has 0 saturated heterocycles. The molecule has 6 heavy (non-hydrogen) atoms. The molecule has 5 nitrogen and oxygen atoms in total. The van der Waals surface area contributed by atoms with Gasteiger partial charge in [0.1, 0.15) is 0 Å². The third-order valence-electron chi connectivity index (χ3n) is 0.154. The molecule has 0 fully saturated rings. The van der Waals surface area contributed by atoms with Crippen molar-refractivity contribution in [2.75, 3.05) is 6.79 Å². The molecule has 0 heterocycles. The van der Waals surface area contributed by atoms with E-state index in [9.17, 15) is 0 Å². The highest BCUT2D eigenvalue weighted by Gasteiger charge is 1.76. The molecule has 0 radical (unpaired) electrons. The second kappa shape index (κ2) is 4.80. The zero-order chi connectivity index (χ0) is 4.83. The van der Waals surface area contributed by atoms with Crippen LogP contribution >= 0.6 is 0 Å². The molecule has 0 amide bonds. The fourth-order valence-corrected chi connectivity index (χ4v) is 0.0430. The Morgan fingerprint density at radius 3 is 2.17 bits per heavy atom. The molecule has 0 aliphatic carbocycles. The minimum atomic E-state index is -0.503. The summed E-state index contributed by atoms with van der Waals surface area (Å²) in [4.78, 5) is 6.84. The van der Waals surface area contributed by atoms with Crippen LogP contribution in [0.2, 0.25) is 0 Å². The third kappa shape index (κ3) is 3.80. The highest BCUT2D eigenvalue weighted by molar-refractivity contribution is 3.67. The van der Waals surface area contributed by atoms with Gasteiger partial charge in [-0.1, -0.05) is 5.04 Å². The quantitative estimate of drug-likeness (QED) is 0.221. The zero-order valence-electron chi connectivity index (χ0n) is 2.83. The molecule has 38 valence electrons. The van der Waals surface area contributed by atoms with Gasteiger partial charge in [0.15, 0.2) is 0 Å². The first-order valence-corrected chi connectivity index (χ1v) is 1.11. The number of hydrogen-bond donors (Lipinski definition) is 2. The first kappa shape index (κ1) is 5.80. The maximum Gasteiger partial charge on any atom is 0.217 e. The molecule has 2 N–H and O–H groups in total. The SMILES string of the molecule is OOCOOO. The average molecular weight is 96.0 g/mol. The van der Waals surface area contributed by atoms with E-state index in [4.69, 9.17) is 10.5 Å². The fourth-order valence-electron chi connectivity index (χ4n) is 0.0430. The van der Waals surface area contributed by atoms with E-state index in [-0.39, 0.29) is 0 Å². The van der Waals surface area contributed by atoms with Gasteiger partial charge in [0.05, 0.1) is 0 Å². The molecule has 0 saturated carbocycles. The number of hydrogen-bond acceptors (Lipinski definition) is 5. The smallest absolute Gasteiger partial charge is 0.217 e. The van der Waals surface area contributed by atoms with Gasteiger partial charge in [0.25, 0.3) is 0 Å². The second-order valence-electron chi connectivity index (χ2n) is 0.439. The second-order valence-corrected chi connectivity index (χ2v) is 0.439. The van der Waals surface area contributed by atoms with Crippen molar-refractivity contribution in [1.29, 1.82) is 0 Å². The molecule has 0 aromatic rings. The predicted molar refractivity (Wildman–Crippen MR) is 13.4 cm³/mol. The van der Waals surface area contributed by atoms with Gasteiger partial charge in [-0.3, -0.25) is 0 Å². The third-order valence-corrected chi connectivity index (χ3v) is 0.154. The van der Waals surface area contributed by atoms with Gasteiger partial charge in [0, 0.05) is 0 Å². The van der Waals surface area contributed by atoms with E-state index in [0.717, 1.165) is 0 Å². The molecule has 0 aromatic heterocycles. The molecule has 0 rings (SSSR count). The maximum absolute atomic E-state index is 7.38. The Bertz CT molecular complexity index is 15.9. The van der Waals surface area contributed by atoms with Crippen LogP contribution in [0.25, 0.3) is 0 Å². The van der Waals surface area contributed by atoms with E-state index >= 15 is 0 Å². The average Bonchev–Trinajstić information content (AvgIpc) is 1.61. The van der Waals surface area contributed by atoms with Crippen LogP contribution in [0.5, 0.6) is 0 Å². The summed E-state index contributed by atoms with van der Waals surface area (Å²) in [6.45, 7) is -0.503. The van der Waals surface area contributed by atoms with E-state index < -0.39 is 6.79 Å². The van der Waals surface area contributed by atoms with Crippen LogP contribution in [0, 0.1) is 0 Å². The lowest BCUT2D eigenvalue weighted by Crippen LogP contribution is -1.93.